The van der Waals surface area contributed by atoms with E-state index in [-0.39, 0.29) is 23.3 Å². The summed E-state index contributed by atoms with van der Waals surface area (Å²) in [6.07, 6.45) is 5.40. The van der Waals surface area contributed by atoms with Crippen LogP contribution < -0.4 is 5.32 Å². The van der Waals surface area contributed by atoms with E-state index in [1.165, 1.54) is 5.56 Å². The molecule has 146 valence electrons. The molecule has 2 N–H and O–H groups in total. The number of nitrogens with one attached hydrogen (secondary N) is 2. The average molecular weight is 377 g/mol. The number of nitrogens with zero attached hydrogens (tertiary/aromatic N) is 3. The maximum absolute atomic E-state index is 12.8. The second kappa shape index (κ2) is 7.36. The van der Waals surface area contributed by atoms with Gasteiger partial charge in [0.1, 0.15) is 0 Å². The number of pyridine rings is 1. The highest BCUT2D eigenvalue weighted by molar-refractivity contribution is 5.84. The van der Waals surface area contributed by atoms with Gasteiger partial charge in [-0.15, -0.1) is 0 Å². The molecule has 6 nitrogen and oxygen atoms in total. The molecule has 0 unspecified atom stereocenters. The van der Waals surface area contributed by atoms with Crippen molar-refractivity contribution in [1.29, 1.82) is 0 Å². The number of aromatic nitrogens is 3. The van der Waals surface area contributed by atoms with E-state index >= 15 is 0 Å². The van der Waals surface area contributed by atoms with Gasteiger partial charge in [0.25, 0.3) is 0 Å². The third-order valence-corrected chi connectivity index (χ3v) is 6.05. The number of amides is 1. The number of fused-ring (bicyclic) bond motifs is 1. The number of carbonyl (C=O) groups excluding carboxylic acids is 1. The van der Waals surface area contributed by atoms with Gasteiger partial charge in [-0.1, -0.05) is 37.3 Å². The number of rotatable bonds is 7. The van der Waals surface area contributed by atoms with Gasteiger partial charge >= 0.3 is 0 Å². The van der Waals surface area contributed by atoms with Crippen LogP contribution in [0, 0.1) is 5.92 Å². The summed E-state index contributed by atoms with van der Waals surface area (Å²) in [6.45, 7) is 2.80. The molecule has 6 heteroatoms. The molecule has 0 saturated heterocycles. The molecule has 1 aliphatic carbocycles. The van der Waals surface area contributed by atoms with Gasteiger partial charge in [-0.2, -0.15) is 5.10 Å². The molecule has 0 radical (unpaired) electrons. The van der Waals surface area contributed by atoms with E-state index in [0.717, 1.165) is 29.4 Å². The fourth-order valence-electron chi connectivity index (χ4n) is 3.93. The van der Waals surface area contributed by atoms with Crippen LogP contribution in [0.3, 0.4) is 0 Å². The number of hydrogen-bond acceptors (Lipinski definition) is 4. The molecule has 1 saturated carbocycles. The van der Waals surface area contributed by atoms with Crippen LogP contribution in [0.4, 0.5) is 0 Å². The summed E-state index contributed by atoms with van der Waals surface area (Å²) in [6, 6.07) is 12.7. The fraction of sp³-hybridized carbons (Fsp3) is 0.409. The first-order valence-electron chi connectivity index (χ1n) is 9.75. The number of H-pyrrole nitrogens is 1. The van der Waals surface area contributed by atoms with Gasteiger partial charge in [0.15, 0.2) is 5.65 Å². The van der Waals surface area contributed by atoms with Crippen molar-refractivity contribution in [2.24, 2.45) is 5.92 Å². The van der Waals surface area contributed by atoms with Gasteiger partial charge in [0.2, 0.25) is 5.91 Å². The van der Waals surface area contributed by atoms with E-state index in [9.17, 15) is 4.79 Å². The van der Waals surface area contributed by atoms with Gasteiger partial charge in [-0.3, -0.25) is 9.89 Å². The molecular weight excluding hydrogens is 350 g/mol. The van der Waals surface area contributed by atoms with Gasteiger partial charge in [-0.25, -0.2) is 4.98 Å². The van der Waals surface area contributed by atoms with E-state index in [0.29, 0.717) is 6.54 Å². The monoisotopic (exact) mass is 377 g/mol. The van der Waals surface area contributed by atoms with Crippen LogP contribution in [0.15, 0.2) is 48.8 Å². The number of likely N-dealkylation sites (N-methyl/N-ethyl adjacent to an activating group) is 1. The van der Waals surface area contributed by atoms with Crippen molar-refractivity contribution in [3.05, 3.63) is 59.9 Å². The maximum atomic E-state index is 12.8. The zero-order valence-electron chi connectivity index (χ0n) is 16.6. The molecule has 0 spiro atoms. The summed E-state index contributed by atoms with van der Waals surface area (Å²) in [4.78, 5) is 19.3. The van der Waals surface area contributed by atoms with Crippen LogP contribution in [-0.4, -0.2) is 52.7 Å². The highest BCUT2D eigenvalue weighted by Crippen LogP contribution is 2.53. The molecule has 1 aliphatic rings. The van der Waals surface area contributed by atoms with Crippen LogP contribution in [0.1, 0.15) is 24.5 Å². The largest absolute Gasteiger partial charge is 0.354 e. The lowest BCUT2D eigenvalue weighted by atomic mass is 9.95. The predicted molar refractivity (Wildman–Crippen MR) is 110 cm³/mol. The zero-order chi connectivity index (χ0) is 19.7. The second-order valence-corrected chi connectivity index (χ2v) is 8.26. The summed E-state index contributed by atoms with van der Waals surface area (Å²) < 4.78 is 0. The van der Waals surface area contributed by atoms with E-state index in [1.54, 1.807) is 6.20 Å². The Labute approximate surface area is 165 Å². The lowest BCUT2D eigenvalue weighted by Crippen LogP contribution is -2.42. The summed E-state index contributed by atoms with van der Waals surface area (Å²) in [5, 5.41) is 11.1. The summed E-state index contributed by atoms with van der Waals surface area (Å²) in [7, 11) is 4.09. The van der Waals surface area contributed by atoms with E-state index in [2.05, 4.69) is 50.5 Å². The smallest absolute Gasteiger partial charge is 0.224 e. The Balaban J connectivity index is 1.37. The molecule has 3 atom stereocenters. The van der Waals surface area contributed by atoms with Gasteiger partial charge in [0.05, 0.1) is 6.20 Å². The minimum atomic E-state index is -0.0325. The summed E-state index contributed by atoms with van der Waals surface area (Å²) >= 11 is 0. The normalized spacial score (nSPS) is 22.4. The van der Waals surface area contributed by atoms with Crippen LogP contribution in [-0.2, 0) is 16.6 Å². The van der Waals surface area contributed by atoms with Crippen molar-refractivity contribution in [2.75, 3.05) is 20.6 Å². The van der Waals surface area contributed by atoms with Crippen molar-refractivity contribution in [3.63, 3.8) is 0 Å². The number of hydrogen-bond donors (Lipinski definition) is 2. The molecule has 0 bridgehead atoms. The third-order valence-electron chi connectivity index (χ3n) is 6.05. The lowest BCUT2D eigenvalue weighted by molar-refractivity contribution is -0.122. The average Bonchev–Trinajstić information content (AvgIpc) is 3.19. The van der Waals surface area contributed by atoms with E-state index in [4.69, 9.17) is 0 Å². The Bertz CT molecular complexity index is 967. The molecule has 1 amide bonds. The van der Waals surface area contributed by atoms with Gasteiger partial charge < -0.3 is 10.2 Å². The van der Waals surface area contributed by atoms with Crippen molar-refractivity contribution in [2.45, 2.75) is 31.2 Å². The first-order chi connectivity index (χ1) is 13.5. The van der Waals surface area contributed by atoms with Gasteiger partial charge in [0, 0.05) is 35.5 Å². The third kappa shape index (κ3) is 3.64. The Morgan fingerprint density at radius 3 is 2.86 bits per heavy atom. The topological polar surface area (TPSA) is 73.9 Å². The number of carbonyl (C=O) groups is 1. The number of benzene rings is 1. The summed E-state index contributed by atoms with van der Waals surface area (Å²) in [5.74, 6) is 0.211. The first kappa shape index (κ1) is 18.6. The van der Waals surface area contributed by atoms with Crippen LogP contribution in [0.2, 0.25) is 0 Å². The highest BCUT2D eigenvalue weighted by Gasteiger charge is 2.55. The van der Waals surface area contributed by atoms with Gasteiger partial charge in [-0.05, 0) is 44.1 Å². The second-order valence-electron chi connectivity index (χ2n) is 8.26. The molecule has 1 aromatic carbocycles. The van der Waals surface area contributed by atoms with Crippen molar-refractivity contribution in [3.8, 4) is 0 Å². The highest BCUT2D eigenvalue weighted by atomic mass is 16.2. The molecule has 28 heavy (non-hydrogen) atoms. The quantitative estimate of drug-likeness (QED) is 0.664. The van der Waals surface area contributed by atoms with Crippen LogP contribution in [0.25, 0.3) is 11.0 Å². The standard InChI is InChI=1S/C22H27N5O/c1-22(17-7-5-4-6-8-17)11-19(22)21(28)24-14-18(27(2)3)10-15-9-16-13-25-26-20(16)23-12-15/h4-9,12-13,18-19H,10-11,14H2,1-3H3,(H,24,28)(H,23,25,26)/t18-,19-,22-/m0/s1. The summed E-state index contributed by atoms with van der Waals surface area (Å²) in [5.41, 5.74) is 3.16. The van der Waals surface area contributed by atoms with Crippen LogP contribution >= 0.6 is 0 Å². The molecule has 2 heterocycles. The predicted octanol–water partition coefficient (Wildman–Crippen LogP) is 2.52. The minimum absolute atomic E-state index is 0.0325. The van der Waals surface area contributed by atoms with Crippen molar-refractivity contribution >= 4 is 16.9 Å². The minimum Gasteiger partial charge on any atom is -0.354 e. The molecule has 1 fully saturated rings. The molecule has 4 rings (SSSR count). The molecule has 2 aromatic heterocycles. The molecule has 0 aliphatic heterocycles. The lowest BCUT2D eigenvalue weighted by Gasteiger charge is -2.25. The van der Waals surface area contributed by atoms with Crippen LogP contribution in [0.5, 0.6) is 0 Å². The molecular formula is C22H27N5O. The van der Waals surface area contributed by atoms with Crippen molar-refractivity contribution < 1.29 is 4.79 Å². The SMILES string of the molecule is CN(C)[C@H](CNC(=O)[C@@H]1C[C@@]1(C)c1ccccc1)Cc1cnc2[nH]ncc2c1. The maximum Gasteiger partial charge on any atom is 0.224 e. The zero-order valence-corrected chi connectivity index (χ0v) is 16.6. The first-order valence-corrected chi connectivity index (χ1v) is 9.75. The Morgan fingerprint density at radius 2 is 2.11 bits per heavy atom. The van der Waals surface area contributed by atoms with Crippen molar-refractivity contribution in [1.82, 2.24) is 25.4 Å². The number of aromatic amines is 1. The molecule has 3 aromatic rings. The Hall–Kier alpha value is -2.73. The fourth-order valence-corrected chi connectivity index (χ4v) is 3.93. The van der Waals surface area contributed by atoms with E-state index in [1.807, 2.05) is 38.5 Å². The van der Waals surface area contributed by atoms with E-state index < -0.39 is 0 Å². The Kier molecular flexibility index (Phi) is 4.89. The Morgan fingerprint density at radius 1 is 1.32 bits per heavy atom.